The Balaban J connectivity index is 1.51. The number of rotatable bonds is 2. The van der Waals surface area contributed by atoms with Gasteiger partial charge in [-0.3, -0.25) is 4.98 Å². The van der Waals surface area contributed by atoms with Gasteiger partial charge in [0.1, 0.15) is 0 Å². The molecule has 0 unspecified atom stereocenters. The zero-order chi connectivity index (χ0) is 26.2. The van der Waals surface area contributed by atoms with Crippen molar-refractivity contribution in [3.05, 3.63) is 140 Å². The molecule has 3 nitrogen and oxygen atoms in total. The van der Waals surface area contributed by atoms with Gasteiger partial charge >= 0.3 is 0 Å². The molecule has 186 valence electrons. The van der Waals surface area contributed by atoms with E-state index >= 15 is 0 Å². The highest BCUT2D eigenvalue weighted by molar-refractivity contribution is 6.28. The molecule has 0 spiro atoms. The number of nitrogens with zero attached hydrogens (tertiary/aromatic N) is 3. The number of hydrogen-bond acceptors (Lipinski definition) is 1. The molecule has 0 radical (unpaired) electrons. The molecule has 4 aromatic heterocycles. The second-order valence-corrected chi connectivity index (χ2v) is 10.4. The summed E-state index contributed by atoms with van der Waals surface area (Å²) in [5.74, 6) is 0. The van der Waals surface area contributed by atoms with Crippen molar-refractivity contribution in [1.82, 2.24) is 14.0 Å². The zero-order valence-electron chi connectivity index (χ0n) is 21.6. The Morgan fingerprint density at radius 1 is 0.475 bits per heavy atom. The third-order valence-electron chi connectivity index (χ3n) is 8.30. The average molecular weight is 510 g/mol. The van der Waals surface area contributed by atoms with Gasteiger partial charge in [-0.15, -0.1) is 0 Å². The molecule has 5 aromatic carbocycles. The van der Waals surface area contributed by atoms with E-state index in [1.807, 2.05) is 18.3 Å². The highest BCUT2D eigenvalue weighted by Gasteiger charge is 2.20. The number of para-hydroxylation sites is 3. The number of benzene rings is 5. The summed E-state index contributed by atoms with van der Waals surface area (Å²) in [5.41, 5.74) is 9.34. The van der Waals surface area contributed by atoms with Crippen LogP contribution in [0.4, 0.5) is 0 Å². The Hall–Kier alpha value is -5.41. The Morgan fingerprint density at radius 2 is 1.20 bits per heavy atom. The van der Waals surface area contributed by atoms with E-state index in [1.54, 1.807) is 0 Å². The fraction of sp³-hybridized carbons (Fsp3) is 0. The highest BCUT2D eigenvalue weighted by Crippen LogP contribution is 2.42. The molecular formula is C37H23N3. The van der Waals surface area contributed by atoms with Crippen LogP contribution in [0.2, 0.25) is 0 Å². The number of fused-ring (bicyclic) bond motifs is 12. The van der Waals surface area contributed by atoms with E-state index in [4.69, 9.17) is 0 Å². The summed E-state index contributed by atoms with van der Waals surface area (Å²) in [6.45, 7) is 0. The van der Waals surface area contributed by atoms with Crippen LogP contribution in [0.25, 0.3) is 76.8 Å². The van der Waals surface area contributed by atoms with Gasteiger partial charge < -0.3 is 8.97 Å². The summed E-state index contributed by atoms with van der Waals surface area (Å²) in [4.78, 5) is 4.63. The normalized spacial score (nSPS) is 12.0. The molecule has 0 bridgehead atoms. The van der Waals surface area contributed by atoms with Crippen LogP contribution < -0.4 is 0 Å². The SMILES string of the molecule is c1ccc(-c2cccc(-n3c4ccccc4c4ccc5c(c6ccccc6n6c7ccccc7cc56)c43)c2)nc1. The quantitative estimate of drug-likeness (QED) is 0.213. The largest absolute Gasteiger partial charge is 0.309 e. The van der Waals surface area contributed by atoms with Crippen molar-refractivity contribution in [3.8, 4) is 16.9 Å². The van der Waals surface area contributed by atoms with Crippen molar-refractivity contribution in [3.63, 3.8) is 0 Å². The van der Waals surface area contributed by atoms with E-state index in [-0.39, 0.29) is 0 Å². The lowest BCUT2D eigenvalue weighted by Gasteiger charge is -2.15. The van der Waals surface area contributed by atoms with Crippen LogP contribution in [-0.2, 0) is 0 Å². The third kappa shape index (κ3) is 2.86. The van der Waals surface area contributed by atoms with E-state index in [0.29, 0.717) is 0 Å². The van der Waals surface area contributed by atoms with E-state index in [1.165, 1.54) is 59.9 Å². The first-order valence-electron chi connectivity index (χ1n) is 13.7. The minimum absolute atomic E-state index is 0.974. The molecule has 0 fully saturated rings. The first kappa shape index (κ1) is 21.5. The molecule has 9 rings (SSSR count). The van der Waals surface area contributed by atoms with Crippen LogP contribution >= 0.6 is 0 Å². The van der Waals surface area contributed by atoms with Gasteiger partial charge in [-0.1, -0.05) is 84.9 Å². The minimum Gasteiger partial charge on any atom is -0.309 e. The van der Waals surface area contributed by atoms with Crippen LogP contribution in [0.3, 0.4) is 0 Å². The minimum atomic E-state index is 0.974. The van der Waals surface area contributed by atoms with Crippen molar-refractivity contribution in [1.29, 1.82) is 0 Å². The summed E-state index contributed by atoms with van der Waals surface area (Å²) in [5, 5.41) is 7.56. The van der Waals surface area contributed by atoms with Crippen LogP contribution in [0.15, 0.2) is 140 Å². The van der Waals surface area contributed by atoms with Crippen molar-refractivity contribution in [2.75, 3.05) is 0 Å². The molecular weight excluding hydrogens is 486 g/mol. The van der Waals surface area contributed by atoms with Gasteiger partial charge in [0, 0.05) is 49.8 Å². The van der Waals surface area contributed by atoms with E-state index in [2.05, 4.69) is 135 Å². The first-order valence-corrected chi connectivity index (χ1v) is 13.7. The molecule has 0 atom stereocenters. The van der Waals surface area contributed by atoms with Crippen LogP contribution in [0.1, 0.15) is 0 Å². The Kier molecular flexibility index (Phi) is 4.33. The molecule has 0 saturated carbocycles. The predicted octanol–water partition coefficient (Wildman–Crippen LogP) is 9.56. The van der Waals surface area contributed by atoms with Crippen molar-refractivity contribution in [2.45, 2.75) is 0 Å². The Labute approximate surface area is 230 Å². The molecule has 0 aliphatic rings. The number of pyridine rings is 2. The first-order chi connectivity index (χ1) is 19.9. The number of aromatic nitrogens is 3. The molecule has 0 aliphatic carbocycles. The van der Waals surface area contributed by atoms with Crippen molar-refractivity contribution < 1.29 is 0 Å². The van der Waals surface area contributed by atoms with Crippen LogP contribution in [0.5, 0.6) is 0 Å². The number of hydrogen-bond donors (Lipinski definition) is 0. The summed E-state index contributed by atoms with van der Waals surface area (Å²) >= 11 is 0. The monoisotopic (exact) mass is 509 g/mol. The molecule has 0 aliphatic heterocycles. The van der Waals surface area contributed by atoms with Crippen LogP contribution in [0, 0.1) is 0 Å². The van der Waals surface area contributed by atoms with Gasteiger partial charge in [0.05, 0.1) is 33.3 Å². The molecule has 0 amide bonds. The fourth-order valence-electron chi connectivity index (χ4n) is 6.64. The maximum absolute atomic E-state index is 4.63. The third-order valence-corrected chi connectivity index (χ3v) is 8.30. The summed E-state index contributed by atoms with van der Waals surface area (Å²) in [7, 11) is 0. The smallest absolute Gasteiger partial charge is 0.0702 e. The lowest BCUT2D eigenvalue weighted by atomic mass is 10.0. The lowest BCUT2D eigenvalue weighted by Crippen LogP contribution is -1.97. The average Bonchev–Trinajstić information content (AvgIpc) is 3.58. The maximum atomic E-state index is 4.63. The summed E-state index contributed by atoms with van der Waals surface area (Å²) < 4.78 is 4.87. The fourth-order valence-corrected chi connectivity index (χ4v) is 6.64. The second-order valence-electron chi connectivity index (χ2n) is 10.4. The molecule has 4 heterocycles. The van der Waals surface area contributed by atoms with Gasteiger partial charge in [-0.05, 0) is 48.5 Å². The topological polar surface area (TPSA) is 22.2 Å². The zero-order valence-corrected chi connectivity index (χ0v) is 21.6. The van der Waals surface area contributed by atoms with Gasteiger partial charge in [-0.25, -0.2) is 0 Å². The molecule has 9 aromatic rings. The van der Waals surface area contributed by atoms with Crippen LogP contribution in [-0.4, -0.2) is 14.0 Å². The van der Waals surface area contributed by atoms with E-state index < -0.39 is 0 Å². The Morgan fingerprint density at radius 3 is 2.08 bits per heavy atom. The van der Waals surface area contributed by atoms with Gasteiger partial charge in [0.2, 0.25) is 0 Å². The Bertz CT molecular complexity index is 2430. The van der Waals surface area contributed by atoms with Crippen molar-refractivity contribution >= 4 is 59.9 Å². The van der Waals surface area contributed by atoms with Gasteiger partial charge in [-0.2, -0.15) is 0 Å². The van der Waals surface area contributed by atoms with Crippen molar-refractivity contribution in [2.24, 2.45) is 0 Å². The maximum Gasteiger partial charge on any atom is 0.0702 e. The molecule has 0 saturated heterocycles. The van der Waals surface area contributed by atoms with E-state index in [9.17, 15) is 0 Å². The highest BCUT2D eigenvalue weighted by atomic mass is 15.0. The molecule has 40 heavy (non-hydrogen) atoms. The standard InChI is InChI=1S/C37H23N3/c1-4-16-32-25(10-1)23-35-30-20-19-28-27-13-2-5-17-33(27)39(26-12-9-11-24(22-26)31-15-7-8-21-38-31)37(28)36(30)29-14-3-6-18-34(29)40(32)35/h1-23H. The molecule has 3 heteroatoms. The van der Waals surface area contributed by atoms with Gasteiger partial charge in [0.25, 0.3) is 0 Å². The van der Waals surface area contributed by atoms with Gasteiger partial charge in [0.15, 0.2) is 0 Å². The predicted molar refractivity (Wildman–Crippen MR) is 167 cm³/mol. The lowest BCUT2D eigenvalue weighted by molar-refractivity contribution is 1.18. The second kappa shape index (κ2) is 8.05. The summed E-state index contributed by atoms with van der Waals surface area (Å²) in [6.07, 6.45) is 1.86. The van der Waals surface area contributed by atoms with E-state index in [0.717, 1.165) is 16.9 Å². The molecule has 0 N–H and O–H groups in total. The summed E-state index contributed by atoms with van der Waals surface area (Å²) in [6, 6.07) is 48.1.